The van der Waals surface area contributed by atoms with E-state index in [0.717, 1.165) is 16.8 Å². The number of benzene rings is 2. The monoisotopic (exact) mass is 495 g/mol. The smallest absolute Gasteiger partial charge is 0.251 e. The average Bonchev–Trinajstić information content (AvgIpc) is 3.25. The van der Waals surface area contributed by atoms with Crippen LogP contribution in [-0.4, -0.2) is 51.2 Å². The molecule has 1 unspecified atom stereocenters. The molecule has 2 aromatic carbocycles. The van der Waals surface area contributed by atoms with Crippen LogP contribution in [0.5, 0.6) is 5.75 Å². The predicted molar refractivity (Wildman–Crippen MR) is 136 cm³/mol. The molecule has 184 valence electrons. The van der Waals surface area contributed by atoms with E-state index in [2.05, 4.69) is 27.4 Å². The number of carbonyl (C=O) groups excluding carboxylic acids is 2. The highest BCUT2D eigenvalue weighted by Gasteiger charge is 2.23. The predicted octanol–water partition coefficient (Wildman–Crippen LogP) is 3.28. The van der Waals surface area contributed by atoms with Crippen molar-refractivity contribution < 1.29 is 19.4 Å². The van der Waals surface area contributed by atoms with Gasteiger partial charge in [0.05, 0.1) is 19.5 Å². The molecule has 0 radical (unpaired) electrons. The third-order valence-electron chi connectivity index (χ3n) is 5.20. The number of amides is 2. The summed E-state index contributed by atoms with van der Waals surface area (Å²) in [4.78, 5) is 25.2. The van der Waals surface area contributed by atoms with Crippen LogP contribution in [0, 0.1) is 13.8 Å². The Labute approximate surface area is 208 Å². The Morgan fingerprint density at radius 3 is 2.57 bits per heavy atom. The van der Waals surface area contributed by atoms with E-state index >= 15 is 0 Å². The van der Waals surface area contributed by atoms with Crippen LogP contribution in [0.4, 0.5) is 5.69 Å². The van der Waals surface area contributed by atoms with Crippen molar-refractivity contribution in [1.82, 2.24) is 20.1 Å². The van der Waals surface area contributed by atoms with Gasteiger partial charge in [0.25, 0.3) is 5.91 Å². The van der Waals surface area contributed by atoms with Crippen molar-refractivity contribution in [2.45, 2.75) is 31.6 Å². The number of hydrogen-bond donors (Lipinski definition) is 3. The Morgan fingerprint density at radius 2 is 1.94 bits per heavy atom. The molecule has 3 aromatic rings. The molecule has 0 spiro atoms. The van der Waals surface area contributed by atoms with Crippen molar-refractivity contribution in [2.24, 2.45) is 0 Å². The fourth-order valence-electron chi connectivity index (χ4n) is 3.41. The third kappa shape index (κ3) is 6.71. The van der Waals surface area contributed by atoms with E-state index in [1.54, 1.807) is 42.0 Å². The zero-order valence-corrected chi connectivity index (χ0v) is 20.8. The minimum atomic E-state index is -0.796. The number of aliphatic hydroxyl groups is 1. The van der Waals surface area contributed by atoms with E-state index < -0.39 is 6.04 Å². The lowest BCUT2D eigenvalue weighted by Gasteiger charge is -2.17. The second kappa shape index (κ2) is 12.2. The lowest BCUT2D eigenvalue weighted by atomic mass is 10.1. The maximum Gasteiger partial charge on any atom is 0.251 e. The van der Waals surface area contributed by atoms with E-state index in [-0.39, 0.29) is 24.2 Å². The van der Waals surface area contributed by atoms with Crippen LogP contribution in [0.3, 0.4) is 0 Å². The van der Waals surface area contributed by atoms with Crippen molar-refractivity contribution in [1.29, 1.82) is 0 Å². The van der Waals surface area contributed by atoms with Gasteiger partial charge >= 0.3 is 0 Å². The van der Waals surface area contributed by atoms with Crippen molar-refractivity contribution >= 4 is 29.3 Å². The first kappa shape index (κ1) is 26.0. The largest absolute Gasteiger partial charge is 0.497 e. The number of aliphatic hydroxyl groups excluding tert-OH is 1. The van der Waals surface area contributed by atoms with Crippen molar-refractivity contribution in [3.05, 3.63) is 77.6 Å². The van der Waals surface area contributed by atoms with Gasteiger partial charge in [0, 0.05) is 17.8 Å². The topological polar surface area (TPSA) is 118 Å². The van der Waals surface area contributed by atoms with Crippen molar-refractivity contribution in [3.63, 3.8) is 0 Å². The summed E-state index contributed by atoms with van der Waals surface area (Å²) in [7, 11) is 1.55. The third-order valence-corrected chi connectivity index (χ3v) is 6.16. The number of aryl methyl sites for hydroxylation is 2. The van der Waals surface area contributed by atoms with E-state index in [9.17, 15) is 14.7 Å². The number of aromatic nitrogens is 3. The van der Waals surface area contributed by atoms with Crippen molar-refractivity contribution in [2.75, 3.05) is 24.8 Å². The second-order valence-corrected chi connectivity index (χ2v) is 8.77. The standard InChI is InChI=1S/C25H29N5O4S/c1-5-12-30-23(21(14-31)27-24(33)18-7-9-19(34-4)10-8-18)28-29-25(30)35-15-22(32)26-20-11-6-16(2)13-17(20)3/h5-11,13,21,31H,1,12,14-15H2,2-4H3,(H,26,32)(H,27,33). The summed E-state index contributed by atoms with van der Waals surface area (Å²) >= 11 is 1.21. The van der Waals surface area contributed by atoms with Gasteiger partial charge in [-0.3, -0.25) is 9.59 Å². The molecule has 1 heterocycles. The minimum absolute atomic E-state index is 0.116. The molecule has 3 rings (SSSR count). The van der Waals surface area contributed by atoms with Gasteiger partial charge in [-0.05, 0) is 49.7 Å². The number of thioether (sulfide) groups is 1. The molecular formula is C25H29N5O4S. The van der Waals surface area contributed by atoms with Crippen LogP contribution in [0.1, 0.15) is 33.4 Å². The molecule has 1 aromatic heterocycles. The maximum absolute atomic E-state index is 12.7. The number of allylic oxidation sites excluding steroid dienone is 1. The van der Waals surface area contributed by atoms with E-state index in [4.69, 9.17) is 4.74 Å². The van der Waals surface area contributed by atoms with E-state index in [0.29, 0.717) is 28.8 Å². The number of nitrogens with zero attached hydrogens (tertiary/aromatic N) is 3. The summed E-state index contributed by atoms with van der Waals surface area (Å²) in [6, 6.07) is 11.7. The van der Waals surface area contributed by atoms with Crippen LogP contribution >= 0.6 is 11.8 Å². The molecule has 0 aliphatic heterocycles. The summed E-state index contributed by atoms with van der Waals surface area (Å²) < 4.78 is 6.84. The summed E-state index contributed by atoms with van der Waals surface area (Å²) in [5, 5.41) is 24.5. The first-order valence-corrected chi connectivity index (χ1v) is 11.9. The van der Waals surface area contributed by atoms with Gasteiger partial charge in [0.15, 0.2) is 11.0 Å². The van der Waals surface area contributed by atoms with E-state index in [1.165, 1.54) is 11.8 Å². The maximum atomic E-state index is 12.7. The van der Waals surface area contributed by atoms with Gasteiger partial charge in [0.2, 0.25) is 5.91 Å². The summed E-state index contributed by atoms with van der Waals surface area (Å²) in [5.74, 6) is 0.566. The molecule has 0 aliphatic carbocycles. The van der Waals surface area contributed by atoms with Crippen LogP contribution in [0.15, 0.2) is 60.3 Å². The number of ether oxygens (including phenoxy) is 1. The molecule has 3 N–H and O–H groups in total. The molecule has 9 nitrogen and oxygen atoms in total. The van der Waals surface area contributed by atoms with Gasteiger partial charge in [-0.1, -0.05) is 35.5 Å². The lowest BCUT2D eigenvalue weighted by Crippen LogP contribution is -2.33. The molecule has 0 saturated heterocycles. The normalized spacial score (nSPS) is 11.5. The Kier molecular flexibility index (Phi) is 9.04. The molecule has 0 aliphatic rings. The molecular weight excluding hydrogens is 466 g/mol. The molecule has 0 bridgehead atoms. The number of anilines is 1. The SMILES string of the molecule is C=CCn1c(SCC(=O)Nc2ccc(C)cc2C)nnc1C(CO)NC(=O)c1ccc(OC)cc1. The molecule has 1 atom stereocenters. The quantitative estimate of drug-likeness (QED) is 0.276. The first-order chi connectivity index (χ1) is 16.9. The van der Waals surface area contributed by atoms with Crippen LogP contribution in [0.25, 0.3) is 0 Å². The van der Waals surface area contributed by atoms with Crippen LogP contribution < -0.4 is 15.4 Å². The fraction of sp³-hybridized carbons (Fsp3) is 0.280. The zero-order valence-electron chi connectivity index (χ0n) is 19.9. The Bertz CT molecular complexity index is 1190. The second-order valence-electron chi connectivity index (χ2n) is 7.83. The van der Waals surface area contributed by atoms with Gasteiger partial charge in [0.1, 0.15) is 11.8 Å². The zero-order chi connectivity index (χ0) is 25.4. The lowest BCUT2D eigenvalue weighted by molar-refractivity contribution is -0.113. The van der Waals surface area contributed by atoms with Gasteiger partial charge < -0.3 is 25.0 Å². The fourth-order valence-corrected chi connectivity index (χ4v) is 4.17. The Balaban J connectivity index is 1.70. The van der Waals surface area contributed by atoms with E-state index in [1.807, 2.05) is 32.0 Å². The molecule has 10 heteroatoms. The first-order valence-electron chi connectivity index (χ1n) is 11.0. The number of rotatable bonds is 11. The highest BCUT2D eigenvalue weighted by Crippen LogP contribution is 2.23. The Hall–Kier alpha value is -3.63. The van der Waals surface area contributed by atoms with Crippen molar-refractivity contribution in [3.8, 4) is 5.75 Å². The summed E-state index contributed by atoms with van der Waals surface area (Å²) in [5.41, 5.74) is 3.28. The Morgan fingerprint density at radius 1 is 1.20 bits per heavy atom. The highest BCUT2D eigenvalue weighted by atomic mass is 32.2. The van der Waals surface area contributed by atoms with Crippen LogP contribution in [-0.2, 0) is 11.3 Å². The van der Waals surface area contributed by atoms with Gasteiger partial charge in [-0.2, -0.15) is 0 Å². The number of carbonyl (C=O) groups is 2. The summed E-state index contributed by atoms with van der Waals surface area (Å²) in [6.07, 6.45) is 1.66. The molecule has 35 heavy (non-hydrogen) atoms. The minimum Gasteiger partial charge on any atom is -0.497 e. The number of hydrogen-bond acceptors (Lipinski definition) is 7. The molecule has 0 saturated carbocycles. The van der Waals surface area contributed by atoms with Crippen LogP contribution in [0.2, 0.25) is 0 Å². The van der Waals surface area contributed by atoms with Gasteiger partial charge in [-0.15, -0.1) is 16.8 Å². The highest BCUT2D eigenvalue weighted by molar-refractivity contribution is 7.99. The number of methoxy groups -OCH3 is 1. The number of nitrogens with one attached hydrogen (secondary N) is 2. The molecule has 2 amide bonds. The van der Waals surface area contributed by atoms with Gasteiger partial charge in [-0.25, -0.2) is 0 Å². The molecule has 0 fully saturated rings. The average molecular weight is 496 g/mol. The summed E-state index contributed by atoms with van der Waals surface area (Å²) in [6.45, 7) is 7.67.